The molecule has 104 valence electrons. The lowest BCUT2D eigenvalue weighted by molar-refractivity contribution is -0.153. The van der Waals surface area contributed by atoms with E-state index in [9.17, 15) is 4.79 Å². The van der Waals surface area contributed by atoms with Gasteiger partial charge in [-0.25, -0.2) is 0 Å². The van der Waals surface area contributed by atoms with Gasteiger partial charge in [0, 0.05) is 19.8 Å². The van der Waals surface area contributed by atoms with Crippen molar-refractivity contribution in [3.8, 4) is 0 Å². The predicted octanol–water partition coefficient (Wildman–Crippen LogP) is 0.520. The number of rotatable bonds is 2. The monoisotopic (exact) mass is 256 g/mol. The van der Waals surface area contributed by atoms with E-state index in [2.05, 4.69) is 6.92 Å². The maximum Gasteiger partial charge on any atom is 0.243 e. The van der Waals surface area contributed by atoms with Crippen molar-refractivity contribution in [3.05, 3.63) is 0 Å². The molecular weight excluding hydrogens is 232 g/mol. The molecule has 2 rings (SSSR count). The molecule has 2 atom stereocenters. The Morgan fingerprint density at radius 1 is 1.44 bits per heavy atom. The second-order valence-electron chi connectivity index (χ2n) is 5.43. The molecular formula is C13H24N2O3. The summed E-state index contributed by atoms with van der Waals surface area (Å²) < 4.78 is 10.9. The SMILES string of the molecule is CCC1COC(C)CN1C(=O)C1(N)CCOCC1. The summed E-state index contributed by atoms with van der Waals surface area (Å²) in [5.74, 6) is 0.0767. The van der Waals surface area contributed by atoms with Gasteiger partial charge in [0.15, 0.2) is 0 Å². The van der Waals surface area contributed by atoms with Crippen molar-refractivity contribution in [2.75, 3.05) is 26.4 Å². The van der Waals surface area contributed by atoms with Gasteiger partial charge in [-0.2, -0.15) is 0 Å². The van der Waals surface area contributed by atoms with Crippen LogP contribution in [0.5, 0.6) is 0 Å². The third kappa shape index (κ3) is 2.68. The fourth-order valence-corrected chi connectivity index (χ4v) is 2.67. The van der Waals surface area contributed by atoms with E-state index >= 15 is 0 Å². The van der Waals surface area contributed by atoms with Gasteiger partial charge in [0.25, 0.3) is 0 Å². The molecule has 2 fully saturated rings. The van der Waals surface area contributed by atoms with E-state index < -0.39 is 5.54 Å². The van der Waals surface area contributed by atoms with Crippen LogP contribution in [0.2, 0.25) is 0 Å². The molecule has 5 nitrogen and oxygen atoms in total. The van der Waals surface area contributed by atoms with Gasteiger partial charge in [-0.3, -0.25) is 4.79 Å². The predicted molar refractivity (Wildman–Crippen MR) is 68.2 cm³/mol. The highest BCUT2D eigenvalue weighted by atomic mass is 16.5. The van der Waals surface area contributed by atoms with Gasteiger partial charge in [-0.15, -0.1) is 0 Å². The zero-order chi connectivity index (χ0) is 13.2. The zero-order valence-electron chi connectivity index (χ0n) is 11.4. The molecule has 0 radical (unpaired) electrons. The molecule has 2 aliphatic heterocycles. The molecule has 1 amide bonds. The summed E-state index contributed by atoms with van der Waals surface area (Å²) in [6.07, 6.45) is 2.24. The van der Waals surface area contributed by atoms with Crippen LogP contribution in [-0.4, -0.2) is 54.9 Å². The molecule has 18 heavy (non-hydrogen) atoms. The third-order valence-corrected chi connectivity index (χ3v) is 4.01. The number of carbonyl (C=O) groups is 1. The van der Waals surface area contributed by atoms with Gasteiger partial charge in [0.2, 0.25) is 5.91 Å². The first-order chi connectivity index (χ1) is 8.57. The van der Waals surface area contributed by atoms with Gasteiger partial charge in [0.1, 0.15) is 0 Å². The minimum atomic E-state index is -0.733. The van der Waals surface area contributed by atoms with E-state index in [0.717, 1.165) is 6.42 Å². The van der Waals surface area contributed by atoms with E-state index in [1.165, 1.54) is 0 Å². The quantitative estimate of drug-likeness (QED) is 0.782. The summed E-state index contributed by atoms with van der Waals surface area (Å²) in [5.41, 5.74) is 5.55. The summed E-state index contributed by atoms with van der Waals surface area (Å²) in [6, 6.07) is 0.164. The first-order valence-corrected chi connectivity index (χ1v) is 6.86. The second kappa shape index (κ2) is 5.55. The first kappa shape index (κ1) is 13.8. The van der Waals surface area contributed by atoms with Crippen LogP contribution in [0.15, 0.2) is 0 Å². The van der Waals surface area contributed by atoms with Gasteiger partial charge >= 0.3 is 0 Å². The van der Waals surface area contributed by atoms with E-state index in [1.54, 1.807) is 0 Å². The summed E-state index contributed by atoms with van der Waals surface area (Å²) in [4.78, 5) is 14.6. The summed E-state index contributed by atoms with van der Waals surface area (Å²) in [7, 11) is 0. The zero-order valence-corrected chi connectivity index (χ0v) is 11.4. The number of morpholine rings is 1. The maximum atomic E-state index is 12.7. The third-order valence-electron chi connectivity index (χ3n) is 4.01. The van der Waals surface area contributed by atoms with Crippen molar-refractivity contribution in [2.45, 2.75) is 50.8 Å². The Morgan fingerprint density at radius 2 is 2.11 bits per heavy atom. The van der Waals surface area contributed by atoms with Gasteiger partial charge in [-0.1, -0.05) is 6.92 Å². The van der Waals surface area contributed by atoms with Crippen LogP contribution in [0.4, 0.5) is 0 Å². The molecule has 0 aromatic heterocycles. The van der Waals surface area contributed by atoms with Crippen molar-refractivity contribution in [1.29, 1.82) is 0 Å². The van der Waals surface area contributed by atoms with E-state index in [1.807, 2.05) is 11.8 Å². The minimum absolute atomic E-state index is 0.0767. The molecule has 2 N–H and O–H groups in total. The molecule has 0 spiro atoms. The molecule has 0 saturated carbocycles. The average molecular weight is 256 g/mol. The molecule has 2 aliphatic rings. The number of hydrogen-bond donors (Lipinski definition) is 1. The topological polar surface area (TPSA) is 64.8 Å². The largest absolute Gasteiger partial charge is 0.381 e. The van der Waals surface area contributed by atoms with Gasteiger partial charge < -0.3 is 20.1 Å². The fourth-order valence-electron chi connectivity index (χ4n) is 2.67. The number of carbonyl (C=O) groups excluding carboxylic acids is 1. The Hall–Kier alpha value is -0.650. The van der Waals surface area contributed by atoms with Crippen LogP contribution in [0.25, 0.3) is 0 Å². The Balaban J connectivity index is 2.09. The molecule has 0 aromatic carbocycles. The second-order valence-corrected chi connectivity index (χ2v) is 5.43. The average Bonchev–Trinajstić information content (AvgIpc) is 2.38. The number of ether oxygens (including phenoxy) is 2. The maximum absolute atomic E-state index is 12.7. The van der Waals surface area contributed by atoms with Crippen LogP contribution in [0, 0.1) is 0 Å². The Bertz CT molecular complexity index is 303. The van der Waals surface area contributed by atoms with Crippen molar-refractivity contribution < 1.29 is 14.3 Å². The van der Waals surface area contributed by atoms with E-state index in [-0.39, 0.29) is 18.1 Å². The number of amides is 1. The smallest absolute Gasteiger partial charge is 0.243 e. The molecule has 0 aliphatic carbocycles. The summed E-state index contributed by atoms with van der Waals surface area (Å²) >= 11 is 0. The highest BCUT2D eigenvalue weighted by Gasteiger charge is 2.42. The Labute approximate surface area is 109 Å². The van der Waals surface area contributed by atoms with Gasteiger partial charge in [-0.05, 0) is 26.2 Å². The van der Waals surface area contributed by atoms with E-state index in [0.29, 0.717) is 39.2 Å². The number of nitrogens with zero attached hydrogens (tertiary/aromatic N) is 1. The summed E-state index contributed by atoms with van der Waals surface area (Å²) in [5, 5.41) is 0. The van der Waals surface area contributed by atoms with E-state index in [4.69, 9.17) is 15.2 Å². The van der Waals surface area contributed by atoms with Crippen LogP contribution in [0.1, 0.15) is 33.1 Å². The first-order valence-electron chi connectivity index (χ1n) is 6.86. The Kier molecular flexibility index (Phi) is 4.25. The van der Waals surface area contributed by atoms with Crippen molar-refractivity contribution >= 4 is 5.91 Å². The highest BCUT2D eigenvalue weighted by molar-refractivity contribution is 5.86. The highest BCUT2D eigenvalue weighted by Crippen LogP contribution is 2.24. The number of nitrogens with two attached hydrogens (primary N) is 1. The standard InChI is InChI=1S/C13H24N2O3/c1-3-11-9-18-10(2)8-15(11)12(16)13(14)4-6-17-7-5-13/h10-11H,3-9,14H2,1-2H3. The summed E-state index contributed by atoms with van der Waals surface area (Å²) in [6.45, 7) is 6.52. The molecule has 2 unspecified atom stereocenters. The normalized spacial score (nSPS) is 32.3. The van der Waals surface area contributed by atoms with Gasteiger partial charge in [0.05, 0.1) is 24.3 Å². The Morgan fingerprint density at radius 3 is 2.72 bits per heavy atom. The lowest BCUT2D eigenvalue weighted by Gasteiger charge is -2.43. The molecule has 2 heterocycles. The number of hydrogen-bond acceptors (Lipinski definition) is 4. The van der Waals surface area contributed by atoms with Crippen LogP contribution in [0.3, 0.4) is 0 Å². The fraction of sp³-hybridized carbons (Fsp3) is 0.923. The molecule has 5 heteroatoms. The van der Waals surface area contributed by atoms with Crippen LogP contribution >= 0.6 is 0 Å². The lowest BCUT2D eigenvalue weighted by Crippen LogP contribution is -2.63. The molecule has 0 bridgehead atoms. The molecule has 0 aromatic rings. The van der Waals surface area contributed by atoms with Crippen LogP contribution in [-0.2, 0) is 14.3 Å². The van der Waals surface area contributed by atoms with Crippen molar-refractivity contribution in [3.63, 3.8) is 0 Å². The lowest BCUT2D eigenvalue weighted by atomic mass is 9.88. The van der Waals surface area contributed by atoms with Crippen molar-refractivity contribution in [1.82, 2.24) is 4.90 Å². The van der Waals surface area contributed by atoms with Crippen molar-refractivity contribution in [2.24, 2.45) is 5.73 Å². The minimum Gasteiger partial charge on any atom is -0.381 e. The molecule has 2 saturated heterocycles. The van der Waals surface area contributed by atoms with Crippen LogP contribution < -0.4 is 5.73 Å².